The van der Waals surface area contributed by atoms with Crippen LogP contribution in [0.3, 0.4) is 0 Å². The molecular formula is C18H20O3S2. The number of ether oxygens (including phenoxy) is 1. The maximum Gasteiger partial charge on any atom is 0.322 e. The van der Waals surface area contributed by atoms with Gasteiger partial charge < -0.3 is 4.74 Å². The summed E-state index contributed by atoms with van der Waals surface area (Å²) in [5.74, 6) is -1.85. The van der Waals surface area contributed by atoms with Crippen molar-refractivity contribution < 1.29 is 14.3 Å². The minimum atomic E-state index is -0.515. The predicted octanol–water partition coefficient (Wildman–Crippen LogP) is 4.61. The van der Waals surface area contributed by atoms with Gasteiger partial charge in [-0.05, 0) is 63.8 Å². The third kappa shape index (κ3) is 2.37. The van der Waals surface area contributed by atoms with Crippen molar-refractivity contribution in [2.45, 2.75) is 53.4 Å². The van der Waals surface area contributed by atoms with Crippen LogP contribution < -0.4 is 0 Å². The van der Waals surface area contributed by atoms with Crippen LogP contribution in [0.25, 0.3) is 0 Å². The van der Waals surface area contributed by atoms with E-state index in [4.69, 9.17) is 4.74 Å². The van der Waals surface area contributed by atoms with E-state index in [1.165, 1.54) is 9.75 Å². The zero-order valence-corrected chi connectivity index (χ0v) is 15.8. The van der Waals surface area contributed by atoms with Crippen molar-refractivity contribution in [3.05, 3.63) is 41.8 Å². The molecule has 0 aliphatic carbocycles. The predicted molar refractivity (Wildman–Crippen MR) is 93.6 cm³/mol. The average molecular weight is 348 g/mol. The number of thiophene rings is 2. The fourth-order valence-electron chi connectivity index (χ4n) is 3.60. The lowest BCUT2D eigenvalue weighted by atomic mass is 9.80. The highest BCUT2D eigenvalue weighted by atomic mass is 32.1. The maximum absolute atomic E-state index is 12.5. The third-order valence-electron chi connectivity index (χ3n) is 4.90. The second-order valence-corrected chi connectivity index (χ2v) is 9.06. The van der Waals surface area contributed by atoms with Gasteiger partial charge in [-0.25, -0.2) is 0 Å². The molecule has 23 heavy (non-hydrogen) atoms. The van der Waals surface area contributed by atoms with Gasteiger partial charge >= 0.3 is 11.9 Å². The molecule has 0 spiro atoms. The van der Waals surface area contributed by atoms with Crippen molar-refractivity contribution in [3.63, 3.8) is 0 Å². The highest BCUT2D eigenvalue weighted by Crippen LogP contribution is 2.48. The smallest absolute Gasteiger partial charge is 0.322 e. The first-order valence-electron chi connectivity index (χ1n) is 7.62. The summed E-state index contributed by atoms with van der Waals surface area (Å²) in [5.41, 5.74) is 4.18. The number of hydrogen-bond donors (Lipinski definition) is 0. The lowest BCUT2D eigenvalue weighted by Gasteiger charge is -2.17. The summed E-state index contributed by atoms with van der Waals surface area (Å²) in [7, 11) is 0. The van der Waals surface area contributed by atoms with Gasteiger partial charge in [-0.3, -0.25) is 9.59 Å². The van der Waals surface area contributed by atoms with Gasteiger partial charge in [-0.2, -0.15) is 0 Å². The summed E-state index contributed by atoms with van der Waals surface area (Å²) >= 11 is 3.36. The molecule has 1 aliphatic rings. The second-order valence-electron chi connectivity index (χ2n) is 6.20. The Kier molecular flexibility index (Phi) is 3.97. The van der Waals surface area contributed by atoms with Gasteiger partial charge in [0.15, 0.2) is 0 Å². The van der Waals surface area contributed by atoms with Crippen molar-refractivity contribution in [1.29, 1.82) is 0 Å². The van der Waals surface area contributed by atoms with E-state index in [0.717, 1.165) is 32.0 Å². The molecule has 3 rings (SSSR count). The van der Waals surface area contributed by atoms with Crippen LogP contribution in [0.4, 0.5) is 0 Å². The van der Waals surface area contributed by atoms with Crippen molar-refractivity contribution >= 4 is 34.6 Å². The fraction of sp³-hybridized carbons (Fsp3) is 0.444. The van der Waals surface area contributed by atoms with Crippen molar-refractivity contribution in [2.75, 3.05) is 0 Å². The first-order chi connectivity index (χ1) is 10.7. The molecule has 0 saturated carbocycles. The van der Waals surface area contributed by atoms with E-state index in [1.807, 2.05) is 27.7 Å². The van der Waals surface area contributed by atoms with Crippen molar-refractivity contribution in [2.24, 2.45) is 0 Å². The van der Waals surface area contributed by atoms with Crippen molar-refractivity contribution in [1.82, 2.24) is 0 Å². The number of carbonyl (C=O) groups is 2. The molecule has 0 N–H and O–H groups in total. The third-order valence-corrected chi connectivity index (χ3v) is 7.18. The Bertz CT molecular complexity index is 758. The Hall–Kier alpha value is -1.46. The summed E-state index contributed by atoms with van der Waals surface area (Å²) < 4.78 is 5.07. The monoisotopic (exact) mass is 348 g/mol. The molecule has 1 aliphatic heterocycles. The molecular weight excluding hydrogens is 328 g/mol. The van der Waals surface area contributed by atoms with E-state index in [9.17, 15) is 9.59 Å². The van der Waals surface area contributed by atoms with Gasteiger partial charge in [0.05, 0.1) is 0 Å². The van der Waals surface area contributed by atoms with E-state index < -0.39 is 23.8 Å². The van der Waals surface area contributed by atoms with Crippen LogP contribution in [0.2, 0.25) is 0 Å². The first-order valence-corrected chi connectivity index (χ1v) is 9.25. The summed E-state index contributed by atoms with van der Waals surface area (Å²) in [6, 6.07) is 0. The number of esters is 2. The van der Waals surface area contributed by atoms with Gasteiger partial charge in [-0.1, -0.05) is 0 Å². The van der Waals surface area contributed by atoms with Gasteiger partial charge in [0.1, 0.15) is 11.8 Å². The Morgan fingerprint density at radius 2 is 1.00 bits per heavy atom. The molecule has 5 heteroatoms. The Morgan fingerprint density at radius 3 is 1.26 bits per heavy atom. The average Bonchev–Trinajstić information content (AvgIpc) is 2.96. The highest BCUT2D eigenvalue weighted by molar-refractivity contribution is 7.12. The molecule has 0 radical (unpaired) electrons. The zero-order valence-electron chi connectivity index (χ0n) is 14.2. The molecule has 2 aromatic heterocycles. The van der Waals surface area contributed by atoms with E-state index >= 15 is 0 Å². The Balaban J connectivity index is 2.22. The van der Waals surface area contributed by atoms with Crippen molar-refractivity contribution in [3.8, 4) is 0 Å². The van der Waals surface area contributed by atoms with Gasteiger partial charge in [0.25, 0.3) is 0 Å². The number of rotatable bonds is 2. The molecule has 122 valence electrons. The first kappa shape index (κ1) is 16.4. The van der Waals surface area contributed by atoms with Crippen LogP contribution in [-0.2, 0) is 14.3 Å². The lowest BCUT2D eigenvalue weighted by Crippen LogP contribution is -2.16. The number of aryl methyl sites for hydroxylation is 4. The molecule has 3 nitrogen and oxygen atoms in total. The Labute approximate surface area is 144 Å². The van der Waals surface area contributed by atoms with Crippen LogP contribution in [0, 0.1) is 41.5 Å². The van der Waals surface area contributed by atoms with Crippen LogP contribution in [0.15, 0.2) is 0 Å². The van der Waals surface area contributed by atoms with Crippen LogP contribution in [0.1, 0.15) is 53.6 Å². The maximum atomic E-state index is 12.5. The van der Waals surface area contributed by atoms with E-state index in [2.05, 4.69) is 13.8 Å². The summed E-state index contributed by atoms with van der Waals surface area (Å²) in [5, 5.41) is 0. The topological polar surface area (TPSA) is 43.4 Å². The fourth-order valence-corrected chi connectivity index (χ4v) is 5.83. The number of hydrogen-bond acceptors (Lipinski definition) is 5. The normalized spacial score (nSPS) is 21.1. The minimum Gasteiger partial charge on any atom is -0.392 e. The summed E-state index contributed by atoms with van der Waals surface area (Å²) in [4.78, 5) is 29.5. The van der Waals surface area contributed by atoms with E-state index in [1.54, 1.807) is 22.7 Å². The highest BCUT2D eigenvalue weighted by Gasteiger charge is 2.49. The molecule has 0 aromatic carbocycles. The second kappa shape index (κ2) is 5.56. The van der Waals surface area contributed by atoms with Gasteiger partial charge in [-0.15, -0.1) is 22.7 Å². The molecule has 1 fully saturated rings. The Morgan fingerprint density at radius 1 is 0.652 bits per heavy atom. The van der Waals surface area contributed by atoms with Crippen LogP contribution in [0.5, 0.6) is 0 Å². The molecule has 1 saturated heterocycles. The molecule has 0 bridgehead atoms. The summed E-state index contributed by atoms with van der Waals surface area (Å²) in [6.45, 7) is 12.2. The standard InChI is InChI=1S/C18H20O3S2/c1-7-9(3)22-11(5)13(7)15-16(18(20)21-17(15)19)14-8(2)10(4)23-12(14)6/h15-16H,1-6H3. The van der Waals surface area contributed by atoms with Crippen LogP contribution >= 0.6 is 22.7 Å². The van der Waals surface area contributed by atoms with Gasteiger partial charge in [0.2, 0.25) is 0 Å². The lowest BCUT2D eigenvalue weighted by molar-refractivity contribution is -0.152. The van der Waals surface area contributed by atoms with E-state index in [0.29, 0.717) is 0 Å². The zero-order chi connectivity index (χ0) is 17.0. The quantitative estimate of drug-likeness (QED) is 0.588. The number of cyclic esters (lactones) is 2. The molecule has 2 unspecified atom stereocenters. The largest absolute Gasteiger partial charge is 0.392 e. The molecule has 3 heterocycles. The minimum absolute atomic E-state index is 0.411. The van der Waals surface area contributed by atoms with Gasteiger partial charge in [0, 0.05) is 19.5 Å². The molecule has 2 aromatic rings. The van der Waals surface area contributed by atoms with E-state index in [-0.39, 0.29) is 0 Å². The molecule has 2 atom stereocenters. The number of carbonyl (C=O) groups excluding carboxylic acids is 2. The summed E-state index contributed by atoms with van der Waals surface area (Å²) in [6.07, 6.45) is 0. The molecule has 0 amide bonds. The SMILES string of the molecule is Cc1sc(C)c(C2C(=O)OC(=O)C2c2c(C)sc(C)c2C)c1C. The van der Waals surface area contributed by atoms with Crippen LogP contribution in [-0.4, -0.2) is 11.9 Å².